The SMILES string of the molecule is COc1ccc(NC(=O)NCOc2ccc(Cl)cc2)cc1OC. The molecule has 0 heterocycles. The smallest absolute Gasteiger partial charge is 0.321 e. The third-order valence-corrected chi connectivity index (χ3v) is 3.18. The maximum atomic E-state index is 11.8. The number of rotatable bonds is 6. The molecule has 2 rings (SSSR count). The monoisotopic (exact) mass is 336 g/mol. The molecule has 0 unspecified atom stereocenters. The highest BCUT2D eigenvalue weighted by atomic mass is 35.5. The molecule has 6 nitrogen and oxygen atoms in total. The van der Waals surface area contributed by atoms with Gasteiger partial charge in [0.25, 0.3) is 0 Å². The fourth-order valence-corrected chi connectivity index (χ4v) is 1.93. The van der Waals surface area contributed by atoms with Gasteiger partial charge in [-0.05, 0) is 36.4 Å². The van der Waals surface area contributed by atoms with Crippen LogP contribution in [-0.2, 0) is 0 Å². The van der Waals surface area contributed by atoms with E-state index in [1.54, 1.807) is 49.6 Å². The van der Waals surface area contributed by atoms with E-state index in [4.69, 9.17) is 25.8 Å². The van der Waals surface area contributed by atoms with E-state index in [9.17, 15) is 4.79 Å². The Balaban J connectivity index is 1.83. The summed E-state index contributed by atoms with van der Waals surface area (Å²) in [6.45, 7) is 0.0285. The maximum Gasteiger partial charge on any atom is 0.321 e. The summed E-state index contributed by atoms with van der Waals surface area (Å²) in [6.07, 6.45) is 0. The second kappa shape index (κ2) is 8.14. The molecule has 0 aliphatic heterocycles. The standard InChI is InChI=1S/C16H17ClN2O4/c1-21-14-8-5-12(9-15(14)22-2)19-16(20)18-10-23-13-6-3-11(17)4-7-13/h3-9H,10H2,1-2H3,(H2,18,19,20). The molecule has 0 aromatic heterocycles. The van der Waals surface area contributed by atoms with Crippen molar-refractivity contribution in [1.82, 2.24) is 5.32 Å². The van der Waals surface area contributed by atoms with E-state index in [0.29, 0.717) is 28.0 Å². The average molecular weight is 337 g/mol. The van der Waals surface area contributed by atoms with Gasteiger partial charge in [-0.25, -0.2) is 4.79 Å². The molecule has 0 spiro atoms. The number of amides is 2. The summed E-state index contributed by atoms with van der Waals surface area (Å²) >= 11 is 5.78. The van der Waals surface area contributed by atoms with Gasteiger partial charge in [0.05, 0.1) is 14.2 Å². The molecular formula is C16H17ClN2O4. The third kappa shape index (κ3) is 4.96. The first-order chi connectivity index (χ1) is 11.1. The van der Waals surface area contributed by atoms with Crippen LogP contribution < -0.4 is 24.8 Å². The molecular weight excluding hydrogens is 320 g/mol. The molecule has 0 bridgehead atoms. The lowest BCUT2D eigenvalue weighted by Gasteiger charge is -2.12. The van der Waals surface area contributed by atoms with Crippen molar-refractivity contribution >= 4 is 23.3 Å². The number of benzene rings is 2. The normalized spacial score (nSPS) is 9.87. The molecule has 7 heteroatoms. The number of nitrogens with one attached hydrogen (secondary N) is 2. The molecule has 0 aliphatic carbocycles. The molecule has 2 amide bonds. The van der Waals surface area contributed by atoms with Crippen molar-refractivity contribution in [3.8, 4) is 17.2 Å². The van der Waals surface area contributed by atoms with Gasteiger partial charge >= 0.3 is 6.03 Å². The van der Waals surface area contributed by atoms with Crippen molar-refractivity contribution in [2.75, 3.05) is 26.3 Å². The first kappa shape index (κ1) is 16.8. The maximum absolute atomic E-state index is 11.8. The average Bonchev–Trinajstić information content (AvgIpc) is 2.56. The lowest BCUT2D eigenvalue weighted by atomic mass is 10.3. The predicted molar refractivity (Wildman–Crippen MR) is 88.6 cm³/mol. The first-order valence-electron chi connectivity index (χ1n) is 6.77. The van der Waals surface area contributed by atoms with E-state index in [1.807, 2.05) is 0 Å². The van der Waals surface area contributed by atoms with Crippen LogP contribution in [0.15, 0.2) is 42.5 Å². The number of methoxy groups -OCH3 is 2. The van der Waals surface area contributed by atoms with Crippen LogP contribution in [0.2, 0.25) is 5.02 Å². The van der Waals surface area contributed by atoms with E-state index in [2.05, 4.69) is 10.6 Å². The molecule has 2 N–H and O–H groups in total. The molecule has 0 saturated heterocycles. The number of urea groups is 1. The zero-order chi connectivity index (χ0) is 16.7. The van der Waals surface area contributed by atoms with Crippen LogP contribution in [0.3, 0.4) is 0 Å². The number of carbonyl (C=O) groups is 1. The van der Waals surface area contributed by atoms with Gasteiger partial charge in [0.15, 0.2) is 18.2 Å². The minimum atomic E-state index is -0.397. The van der Waals surface area contributed by atoms with Gasteiger partial charge in [0.1, 0.15) is 5.75 Å². The van der Waals surface area contributed by atoms with Crippen LogP contribution in [0.1, 0.15) is 0 Å². The van der Waals surface area contributed by atoms with Gasteiger partial charge in [-0.3, -0.25) is 0 Å². The van der Waals surface area contributed by atoms with Gasteiger partial charge in [-0.2, -0.15) is 0 Å². The zero-order valence-electron chi connectivity index (χ0n) is 12.8. The summed E-state index contributed by atoms with van der Waals surface area (Å²) < 4.78 is 15.7. The number of ether oxygens (including phenoxy) is 3. The lowest BCUT2D eigenvalue weighted by Crippen LogP contribution is -2.32. The van der Waals surface area contributed by atoms with Crippen LogP contribution >= 0.6 is 11.6 Å². The van der Waals surface area contributed by atoms with E-state index in [0.717, 1.165) is 0 Å². The molecule has 0 atom stereocenters. The molecule has 0 saturated carbocycles. The molecule has 23 heavy (non-hydrogen) atoms. The fraction of sp³-hybridized carbons (Fsp3) is 0.188. The summed E-state index contributed by atoms with van der Waals surface area (Å²) in [5, 5.41) is 5.88. The first-order valence-corrected chi connectivity index (χ1v) is 7.15. The summed E-state index contributed by atoms with van der Waals surface area (Å²) in [6, 6.07) is 11.5. The summed E-state index contributed by atoms with van der Waals surface area (Å²) in [7, 11) is 3.08. The Labute approximate surface area is 139 Å². The zero-order valence-corrected chi connectivity index (χ0v) is 13.5. The number of anilines is 1. The van der Waals surface area contributed by atoms with Crippen molar-refractivity contribution in [3.63, 3.8) is 0 Å². The van der Waals surface area contributed by atoms with Gasteiger partial charge in [0.2, 0.25) is 0 Å². The van der Waals surface area contributed by atoms with Gasteiger partial charge < -0.3 is 24.8 Å². The summed E-state index contributed by atoms with van der Waals surface area (Å²) in [5.41, 5.74) is 0.576. The Morgan fingerprint density at radius 1 is 1.04 bits per heavy atom. The second-order valence-electron chi connectivity index (χ2n) is 4.44. The highest BCUT2D eigenvalue weighted by Crippen LogP contribution is 2.29. The second-order valence-corrected chi connectivity index (χ2v) is 4.88. The number of halogens is 1. The van der Waals surface area contributed by atoms with Crippen molar-refractivity contribution in [2.24, 2.45) is 0 Å². The molecule has 0 aliphatic rings. The van der Waals surface area contributed by atoms with Crippen LogP contribution in [0.5, 0.6) is 17.2 Å². The Morgan fingerprint density at radius 3 is 2.39 bits per heavy atom. The topological polar surface area (TPSA) is 68.8 Å². The highest BCUT2D eigenvalue weighted by molar-refractivity contribution is 6.30. The van der Waals surface area contributed by atoms with Crippen molar-refractivity contribution in [2.45, 2.75) is 0 Å². The van der Waals surface area contributed by atoms with Crippen LogP contribution in [0.4, 0.5) is 10.5 Å². The van der Waals surface area contributed by atoms with E-state index in [1.165, 1.54) is 7.11 Å². The van der Waals surface area contributed by atoms with Crippen molar-refractivity contribution < 1.29 is 19.0 Å². The van der Waals surface area contributed by atoms with Gasteiger partial charge in [-0.15, -0.1) is 0 Å². The number of carbonyl (C=O) groups excluding carboxylic acids is 1. The van der Waals surface area contributed by atoms with Gasteiger partial charge in [0, 0.05) is 16.8 Å². The van der Waals surface area contributed by atoms with E-state index >= 15 is 0 Å². The van der Waals surface area contributed by atoms with E-state index in [-0.39, 0.29) is 6.73 Å². The Kier molecular flexibility index (Phi) is 5.94. The molecule has 2 aromatic rings. The van der Waals surface area contributed by atoms with E-state index < -0.39 is 6.03 Å². The molecule has 122 valence electrons. The van der Waals surface area contributed by atoms with Crippen LogP contribution in [-0.4, -0.2) is 27.0 Å². The quantitative estimate of drug-likeness (QED) is 0.792. The summed E-state index contributed by atoms with van der Waals surface area (Å²) in [5.74, 6) is 1.73. The van der Waals surface area contributed by atoms with Crippen LogP contribution in [0, 0.1) is 0 Å². The van der Waals surface area contributed by atoms with Crippen molar-refractivity contribution in [1.29, 1.82) is 0 Å². The largest absolute Gasteiger partial charge is 0.493 e. The van der Waals surface area contributed by atoms with Gasteiger partial charge in [-0.1, -0.05) is 11.6 Å². The molecule has 0 radical (unpaired) electrons. The minimum Gasteiger partial charge on any atom is -0.493 e. The highest BCUT2D eigenvalue weighted by Gasteiger charge is 2.07. The predicted octanol–water partition coefficient (Wildman–Crippen LogP) is 3.52. The minimum absolute atomic E-state index is 0.0285. The Hall–Kier alpha value is -2.60. The fourth-order valence-electron chi connectivity index (χ4n) is 1.81. The number of hydrogen-bond donors (Lipinski definition) is 2. The lowest BCUT2D eigenvalue weighted by molar-refractivity contribution is 0.234. The number of hydrogen-bond acceptors (Lipinski definition) is 4. The Morgan fingerprint density at radius 2 is 1.74 bits per heavy atom. The molecule has 2 aromatic carbocycles. The van der Waals surface area contributed by atoms with Crippen molar-refractivity contribution in [3.05, 3.63) is 47.5 Å². The third-order valence-electron chi connectivity index (χ3n) is 2.93. The summed E-state index contributed by atoms with van der Waals surface area (Å²) in [4.78, 5) is 11.8. The van der Waals surface area contributed by atoms with Crippen LogP contribution in [0.25, 0.3) is 0 Å². The molecule has 0 fully saturated rings. The Bertz CT molecular complexity index is 662.